The highest BCUT2D eigenvalue weighted by Crippen LogP contribution is 2.14. The molecule has 0 heterocycles. The average molecular weight is 136 g/mol. The van der Waals surface area contributed by atoms with Gasteiger partial charge in [0.2, 0.25) is 0 Å². The van der Waals surface area contributed by atoms with Gasteiger partial charge < -0.3 is 0 Å². The quantitative estimate of drug-likeness (QED) is 0.329. The van der Waals surface area contributed by atoms with Gasteiger partial charge in [-0.3, -0.25) is 4.79 Å². The van der Waals surface area contributed by atoms with E-state index >= 15 is 0 Å². The summed E-state index contributed by atoms with van der Waals surface area (Å²) in [5.41, 5.74) is 0. The van der Waals surface area contributed by atoms with E-state index in [0.29, 0.717) is 0 Å². The fraction of sp³-hybridized carbons (Fsp3) is 0.800. The lowest BCUT2D eigenvalue weighted by molar-refractivity contribution is 0.244. The van der Waals surface area contributed by atoms with E-state index in [9.17, 15) is 9.18 Å². The number of hydrogen-bond acceptors (Lipinski definition) is 1. The summed E-state index contributed by atoms with van der Waals surface area (Å²) in [6, 6.07) is 0. The minimum Gasteiger partial charge on any atom is -0.256 e. The first-order chi connectivity index (χ1) is 3.77. The average Bonchev–Trinajstić information content (AvgIpc) is 1.66. The van der Waals surface area contributed by atoms with Crippen molar-refractivity contribution < 1.29 is 9.18 Å². The van der Waals surface area contributed by atoms with Gasteiger partial charge in [-0.2, -0.15) is 4.39 Å². The monoisotopic (exact) mass is 136 g/mol. The standard InChI is InChI=1S/C5H10FOP/c1-2-3-4-8-5(6)7/h8H,2-4H2,1H3. The highest BCUT2D eigenvalue weighted by molar-refractivity contribution is 7.57. The van der Waals surface area contributed by atoms with Gasteiger partial charge in [-0.05, 0) is 21.2 Å². The highest BCUT2D eigenvalue weighted by Gasteiger charge is 1.93. The number of unbranched alkanes of at least 4 members (excludes halogenated alkanes) is 1. The third kappa shape index (κ3) is 6.03. The van der Waals surface area contributed by atoms with Gasteiger partial charge in [0.1, 0.15) is 0 Å². The van der Waals surface area contributed by atoms with Gasteiger partial charge in [-0.1, -0.05) is 13.3 Å². The van der Waals surface area contributed by atoms with Crippen LogP contribution < -0.4 is 0 Å². The third-order valence-corrected chi connectivity index (χ3v) is 1.68. The minimum absolute atomic E-state index is 0.110. The molecule has 1 nitrogen and oxygen atoms in total. The molecule has 1 unspecified atom stereocenters. The molecule has 8 heavy (non-hydrogen) atoms. The predicted octanol–water partition coefficient (Wildman–Crippen LogP) is 2.55. The summed E-state index contributed by atoms with van der Waals surface area (Å²) in [5, 5.41) is 0. The number of rotatable bonds is 4. The molecule has 0 aliphatic carbocycles. The predicted molar refractivity (Wildman–Crippen MR) is 34.6 cm³/mol. The summed E-state index contributed by atoms with van der Waals surface area (Å²) in [6.07, 6.45) is 2.74. The van der Waals surface area contributed by atoms with Crippen LogP contribution in [0, 0.1) is 0 Å². The van der Waals surface area contributed by atoms with Crippen LogP contribution in [0.5, 0.6) is 0 Å². The van der Waals surface area contributed by atoms with Crippen LogP contribution in [0.25, 0.3) is 0 Å². The SMILES string of the molecule is CCCCPC(=O)F. The van der Waals surface area contributed by atoms with Crippen molar-refractivity contribution in [3.8, 4) is 0 Å². The van der Waals surface area contributed by atoms with E-state index in [4.69, 9.17) is 0 Å². The molecular weight excluding hydrogens is 126 g/mol. The van der Waals surface area contributed by atoms with Gasteiger partial charge in [0, 0.05) is 0 Å². The Labute approximate surface area is 50.4 Å². The molecule has 0 aromatic rings. The number of hydrogen-bond donors (Lipinski definition) is 0. The Morgan fingerprint density at radius 1 is 1.75 bits per heavy atom. The Kier molecular flexibility index (Phi) is 5.19. The van der Waals surface area contributed by atoms with E-state index < -0.39 is 5.78 Å². The molecule has 0 aliphatic heterocycles. The Hall–Kier alpha value is 0.0300. The molecule has 0 fully saturated rings. The molecule has 3 heteroatoms. The summed E-state index contributed by atoms with van der Waals surface area (Å²) in [6.45, 7) is 2.02. The van der Waals surface area contributed by atoms with Crippen LogP contribution in [0.3, 0.4) is 0 Å². The molecule has 0 saturated heterocycles. The molecule has 0 amide bonds. The fourth-order valence-corrected chi connectivity index (χ4v) is 1.09. The number of halogens is 1. The van der Waals surface area contributed by atoms with Crippen LogP contribution in [-0.2, 0) is 0 Å². The van der Waals surface area contributed by atoms with Gasteiger partial charge >= 0.3 is 5.78 Å². The van der Waals surface area contributed by atoms with E-state index in [0.717, 1.165) is 19.0 Å². The van der Waals surface area contributed by atoms with Crippen LogP contribution in [0.1, 0.15) is 19.8 Å². The molecule has 0 saturated carbocycles. The fourth-order valence-electron chi connectivity index (χ4n) is 0.363. The maximum Gasteiger partial charge on any atom is 0.317 e. The summed E-state index contributed by atoms with van der Waals surface area (Å²) >= 11 is 0. The van der Waals surface area contributed by atoms with Crippen molar-refractivity contribution in [2.75, 3.05) is 6.16 Å². The van der Waals surface area contributed by atoms with Crippen molar-refractivity contribution in [3.63, 3.8) is 0 Å². The molecule has 0 spiro atoms. The van der Waals surface area contributed by atoms with Crippen LogP contribution in [0.4, 0.5) is 9.18 Å². The zero-order valence-electron chi connectivity index (χ0n) is 4.91. The van der Waals surface area contributed by atoms with Gasteiger partial charge in [0.05, 0.1) is 0 Å². The van der Waals surface area contributed by atoms with Crippen molar-refractivity contribution in [3.05, 3.63) is 0 Å². The third-order valence-electron chi connectivity index (χ3n) is 0.794. The zero-order valence-corrected chi connectivity index (χ0v) is 5.91. The Morgan fingerprint density at radius 3 is 2.75 bits per heavy atom. The van der Waals surface area contributed by atoms with Crippen LogP contribution in [0.2, 0.25) is 0 Å². The summed E-state index contributed by atoms with van der Waals surface area (Å²) in [4.78, 5) is 9.66. The lowest BCUT2D eigenvalue weighted by Crippen LogP contribution is -1.76. The first-order valence-electron chi connectivity index (χ1n) is 2.70. The molecular formula is C5H10FOP. The van der Waals surface area contributed by atoms with Gasteiger partial charge in [-0.25, -0.2) is 0 Å². The molecule has 0 aromatic carbocycles. The first kappa shape index (κ1) is 8.03. The van der Waals surface area contributed by atoms with E-state index in [1.165, 1.54) is 0 Å². The summed E-state index contributed by atoms with van der Waals surface area (Å²) < 4.78 is 11.4. The van der Waals surface area contributed by atoms with Crippen molar-refractivity contribution in [1.29, 1.82) is 0 Å². The Morgan fingerprint density at radius 2 is 2.38 bits per heavy atom. The highest BCUT2D eigenvalue weighted by atomic mass is 31.1. The largest absolute Gasteiger partial charge is 0.317 e. The zero-order chi connectivity index (χ0) is 6.41. The lowest BCUT2D eigenvalue weighted by Gasteiger charge is -1.88. The molecule has 0 radical (unpaired) electrons. The summed E-state index contributed by atoms with van der Waals surface area (Å²) in [5.74, 6) is -1.15. The second-order valence-corrected chi connectivity index (χ2v) is 2.80. The van der Waals surface area contributed by atoms with Crippen LogP contribution >= 0.6 is 8.58 Å². The maximum atomic E-state index is 11.4. The first-order valence-corrected chi connectivity index (χ1v) is 3.91. The van der Waals surface area contributed by atoms with E-state index in [2.05, 4.69) is 0 Å². The normalized spacial score (nSPS) is 10.8. The van der Waals surface area contributed by atoms with E-state index in [-0.39, 0.29) is 8.58 Å². The van der Waals surface area contributed by atoms with E-state index in [1.807, 2.05) is 6.92 Å². The number of carbonyl (C=O) groups excluding carboxylic acids is 1. The topological polar surface area (TPSA) is 17.1 Å². The van der Waals surface area contributed by atoms with Crippen molar-refractivity contribution >= 4 is 14.4 Å². The smallest absolute Gasteiger partial charge is 0.256 e. The van der Waals surface area contributed by atoms with Gasteiger partial charge in [0.25, 0.3) is 0 Å². The Balaban J connectivity index is 2.82. The van der Waals surface area contributed by atoms with E-state index in [1.54, 1.807) is 0 Å². The second-order valence-electron chi connectivity index (χ2n) is 1.55. The van der Waals surface area contributed by atoms with Gasteiger partial charge in [-0.15, -0.1) is 0 Å². The molecule has 0 N–H and O–H groups in total. The second kappa shape index (κ2) is 5.17. The Bertz CT molecular complexity index is 74.8. The maximum absolute atomic E-state index is 11.4. The molecule has 0 aromatic heterocycles. The minimum atomic E-state index is -1.15. The van der Waals surface area contributed by atoms with Gasteiger partial charge in [0.15, 0.2) is 0 Å². The van der Waals surface area contributed by atoms with Crippen molar-refractivity contribution in [1.82, 2.24) is 0 Å². The van der Waals surface area contributed by atoms with Crippen molar-refractivity contribution in [2.24, 2.45) is 0 Å². The van der Waals surface area contributed by atoms with Crippen LogP contribution in [0.15, 0.2) is 0 Å². The molecule has 0 rings (SSSR count). The lowest BCUT2D eigenvalue weighted by atomic mass is 10.4. The molecule has 0 aliphatic rings. The summed E-state index contributed by atoms with van der Waals surface area (Å²) in [7, 11) is -0.110. The molecule has 48 valence electrons. The molecule has 0 bridgehead atoms. The molecule has 1 atom stereocenters. The number of carbonyl (C=O) groups is 1. The van der Waals surface area contributed by atoms with Crippen LogP contribution in [-0.4, -0.2) is 11.9 Å². The van der Waals surface area contributed by atoms with Crippen molar-refractivity contribution in [2.45, 2.75) is 19.8 Å².